The Kier molecular flexibility index (Phi) is 3.86. The fraction of sp³-hybridized carbons (Fsp3) is 0. The van der Waals surface area contributed by atoms with Crippen LogP contribution in [-0.4, -0.2) is 30.6 Å². The summed E-state index contributed by atoms with van der Waals surface area (Å²) in [7, 11) is 0. The molecule has 0 amide bonds. The minimum Gasteiger partial charge on any atom is -0.360 e. The van der Waals surface area contributed by atoms with Crippen molar-refractivity contribution in [3.8, 4) is 16.6 Å². The van der Waals surface area contributed by atoms with Crippen molar-refractivity contribution >= 4 is 32.9 Å². The zero-order chi connectivity index (χ0) is 17.1. The van der Waals surface area contributed by atoms with E-state index in [0.29, 0.717) is 0 Å². The van der Waals surface area contributed by atoms with Gasteiger partial charge in [0.1, 0.15) is 27.0 Å². The number of thiazole rings is 1. The van der Waals surface area contributed by atoms with E-state index < -0.39 is 0 Å². The molecular formula is C16H10N8S. The van der Waals surface area contributed by atoms with Crippen LogP contribution < -0.4 is 5.32 Å². The highest BCUT2D eigenvalue weighted by Gasteiger charge is 2.07. The van der Waals surface area contributed by atoms with Crippen molar-refractivity contribution in [2.24, 2.45) is 0 Å². The first-order valence-corrected chi connectivity index (χ1v) is 8.08. The van der Waals surface area contributed by atoms with E-state index >= 15 is 0 Å². The van der Waals surface area contributed by atoms with Crippen molar-refractivity contribution in [3.63, 3.8) is 0 Å². The Labute approximate surface area is 145 Å². The molecule has 0 saturated heterocycles. The summed E-state index contributed by atoms with van der Waals surface area (Å²) in [5.41, 5.74) is 3.02. The van der Waals surface area contributed by atoms with Crippen LogP contribution in [-0.2, 0) is 0 Å². The number of aromatic nitrogens is 6. The number of hydrogen-bond acceptors (Lipinski definition) is 8. The van der Waals surface area contributed by atoms with Crippen molar-refractivity contribution in [3.05, 3.63) is 54.6 Å². The van der Waals surface area contributed by atoms with E-state index in [-0.39, 0.29) is 11.4 Å². The van der Waals surface area contributed by atoms with Crippen LogP contribution in [0.15, 0.2) is 48.8 Å². The number of aromatic amines is 1. The van der Waals surface area contributed by atoms with Crippen LogP contribution in [0.4, 0.5) is 5.69 Å². The van der Waals surface area contributed by atoms with E-state index in [1.165, 1.54) is 0 Å². The molecular weight excluding hydrogens is 336 g/mol. The lowest BCUT2D eigenvalue weighted by molar-refractivity contribution is 0.881. The number of nitrogens with zero attached hydrogens (tertiary/aromatic N) is 6. The van der Waals surface area contributed by atoms with Gasteiger partial charge in [-0.25, -0.2) is 9.97 Å². The minimum absolute atomic E-state index is 0.244. The van der Waals surface area contributed by atoms with Crippen LogP contribution in [0.2, 0.25) is 0 Å². The van der Waals surface area contributed by atoms with Gasteiger partial charge in [0, 0.05) is 23.6 Å². The summed E-state index contributed by atoms with van der Waals surface area (Å²) in [6.45, 7) is 0. The second kappa shape index (κ2) is 6.46. The number of rotatable bonds is 4. The molecule has 0 saturated carbocycles. The van der Waals surface area contributed by atoms with Crippen molar-refractivity contribution in [2.75, 3.05) is 5.32 Å². The highest BCUT2D eigenvalue weighted by atomic mass is 32.1. The molecule has 25 heavy (non-hydrogen) atoms. The van der Waals surface area contributed by atoms with Gasteiger partial charge in [0.2, 0.25) is 5.82 Å². The number of fused-ring (bicyclic) bond motifs is 1. The number of hydrogen-bond donors (Lipinski definition) is 2. The maximum atomic E-state index is 9.14. The minimum atomic E-state index is 0.244. The third-order valence-electron chi connectivity index (χ3n) is 3.39. The Morgan fingerprint density at radius 1 is 1.24 bits per heavy atom. The Balaban J connectivity index is 1.55. The lowest BCUT2D eigenvalue weighted by Gasteiger charge is -2.02. The van der Waals surface area contributed by atoms with Gasteiger partial charge >= 0.3 is 0 Å². The summed E-state index contributed by atoms with van der Waals surface area (Å²) in [5, 5.41) is 26.4. The summed E-state index contributed by atoms with van der Waals surface area (Å²) in [6, 6.07) is 13.6. The number of tetrazole rings is 1. The Morgan fingerprint density at radius 2 is 2.12 bits per heavy atom. The monoisotopic (exact) mass is 346 g/mol. The number of anilines is 1. The van der Waals surface area contributed by atoms with Gasteiger partial charge in [-0.3, -0.25) is 0 Å². The molecule has 0 spiro atoms. The van der Waals surface area contributed by atoms with Crippen LogP contribution in [0.25, 0.3) is 26.5 Å². The van der Waals surface area contributed by atoms with Crippen molar-refractivity contribution in [2.45, 2.75) is 0 Å². The molecule has 4 rings (SSSR count). The smallest absolute Gasteiger partial charge is 0.216 e. The zero-order valence-corrected chi connectivity index (χ0v) is 13.5. The van der Waals surface area contributed by atoms with E-state index in [9.17, 15) is 0 Å². The molecule has 0 bridgehead atoms. The topological polar surface area (TPSA) is 116 Å². The lowest BCUT2D eigenvalue weighted by atomic mass is 10.2. The predicted octanol–water partition coefficient (Wildman–Crippen LogP) is 2.85. The second-order valence-electron chi connectivity index (χ2n) is 4.97. The van der Waals surface area contributed by atoms with Gasteiger partial charge in [0.25, 0.3) is 0 Å². The van der Waals surface area contributed by atoms with Gasteiger partial charge in [0.05, 0.1) is 0 Å². The molecule has 0 aliphatic rings. The maximum Gasteiger partial charge on any atom is 0.216 e. The molecule has 4 aromatic rings. The first-order valence-electron chi connectivity index (χ1n) is 7.26. The number of pyridine rings is 1. The fourth-order valence-corrected chi connectivity index (χ4v) is 3.09. The Bertz CT molecular complexity index is 1040. The van der Waals surface area contributed by atoms with E-state index in [0.717, 1.165) is 26.6 Å². The van der Waals surface area contributed by atoms with Gasteiger partial charge < -0.3 is 5.32 Å². The zero-order valence-electron chi connectivity index (χ0n) is 12.7. The molecule has 0 aliphatic heterocycles. The Hall–Kier alpha value is -3.64. The molecule has 0 atom stereocenters. The summed E-state index contributed by atoms with van der Waals surface area (Å²) in [4.78, 5) is 9.82. The van der Waals surface area contributed by atoms with Gasteiger partial charge in [-0.05, 0) is 41.6 Å². The first kappa shape index (κ1) is 14.9. The van der Waals surface area contributed by atoms with Crippen LogP contribution in [0.5, 0.6) is 0 Å². The van der Waals surface area contributed by atoms with Crippen LogP contribution in [0.3, 0.4) is 0 Å². The number of allylic oxidation sites excluding steroid dienone is 1. The standard InChI is InChI=1S/C16H10N8S/c17-8-11(14-21-23-24-22-14)9-19-12-5-3-10(4-6-12)15-20-13-2-1-7-18-16(13)25-15/h1-7,9,19H,(H,21,22,23,24). The number of nitrogens with one attached hydrogen (secondary N) is 2. The molecule has 0 unspecified atom stereocenters. The second-order valence-corrected chi connectivity index (χ2v) is 5.95. The average Bonchev–Trinajstić information content (AvgIpc) is 3.32. The van der Waals surface area contributed by atoms with E-state index in [4.69, 9.17) is 5.26 Å². The molecule has 3 heterocycles. The quantitative estimate of drug-likeness (QED) is 0.546. The van der Waals surface area contributed by atoms with E-state index in [1.54, 1.807) is 23.7 Å². The SMILES string of the molecule is N#CC(=CNc1ccc(-c2nc3cccnc3s2)cc1)c1nn[nH]n1. The van der Waals surface area contributed by atoms with Crippen LogP contribution in [0.1, 0.15) is 5.82 Å². The normalized spacial score (nSPS) is 11.4. The van der Waals surface area contributed by atoms with Gasteiger partial charge in [-0.2, -0.15) is 10.5 Å². The van der Waals surface area contributed by atoms with Crippen molar-refractivity contribution < 1.29 is 0 Å². The fourth-order valence-electron chi connectivity index (χ4n) is 2.18. The van der Waals surface area contributed by atoms with Gasteiger partial charge in [-0.1, -0.05) is 11.3 Å². The molecule has 2 N–H and O–H groups in total. The molecule has 0 fully saturated rings. The molecule has 0 aliphatic carbocycles. The summed E-state index contributed by atoms with van der Waals surface area (Å²) >= 11 is 1.55. The number of benzene rings is 1. The predicted molar refractivity (Wildman–Crippen MR) is 94.2 cm³/mol. The first-order chi connectivity index (χ1) is 12.3. The number of H-pyrrole nitrogens is 1. The summed E-state index contributed by atoms with van der Waals surface area (Å²) in [6.07, 6.45) is 3.31. The van der Waals surface area contributed by atoms with Crippen LogP contribution in [0, 0.1) is 11.3 Å². The van der Waals surface area contributed by atoms with Crippen LogP contribution >= 0.6 is 11.3 Å². The van der Waals surface area contributed by atoms with E-state index in [2.05, 4.69) is 35.9 Å². The summed E-state index contributed by atoms with van der Waals surface area (Å²) < 4.78 is 0. The average molecular weight is 346 g/mol. The lowest BCUT2D eigenvalue weighted by Crippen LogP contribution is -1.93. The van der Waals surface area contributed by atoms with Crippen molar-refractivity contribution in [1.82, 2.24) is 30.6 Å². The highest BCUT2D eigenvalue weighted by Crippen LogP contribution is 2.29. The molecule has 3 aromatic heterocycles. The molecule has 0 radical (unpaired) electrons. The molecule has 8 nitrogen and oxygen atoms in total. The highest BCUT2D eigenvalue weighted by molar-refractivity contribution is 7.21. The summed E-state index contributed by atoms with van der Waals surface area (Å²) in [5.74, 6) is 0.244. The maximum absolute atomic E-state index is 9.14. The Morgan fingerprint density at radius 3 is 2.84 bits per heavy atom. The third-order valence-corrected chi connectivity index (χ3v) is 4.42. The molecule has 1 aromatic carbocycles. The van der Waals surface area contributed by atoms with Gasteiger partial charge in [-0.15, -0.1) is 10.2 Å². The molecule has 120 valence electrons. The number of nitriles is 1. The van der Waals surface area contributed by atoms with E-state index in [1.807, 2.05) is 42.5 Å². The van der Waals surface area contributed by atoms with Crippen molar-refractivity contribution in [1.29, 1.82) is 5.26 Å². The molecule has 9 heteroatoms. The largest absolute Gasteiger partial charge is 0.360 e. The van der Waals surface area contributed by atoms with Gasteiger partial charge in [0.15, 0.2) is 0 Å². The third kappa shape index (κ3) is 3.06.